The zero-order valence-electron chi connectivity index (χ0n) is 27.5. The quantitative estimate of drug-likeness (QED) is 0.166. The monoisotopic (exact) mass is 634 g/mol. The Morgan fingerprint density at radius 1 is 0.592 bits per heavy atom. The van der Waals surface area contributed by atoms with Gasteiger partial charge in [0.15, 0.2) is 17.5 Å². The molecule has 5 nitrogen and oxygen atoms in total. The van der Waals surface area contributed by atoms with Crippen molar-refractivity contribution in [1.82, 2.24) is 15.0 Å². The number of aryl methyl sites for hydroxylation is 1. The third kappa shape index (κ3) is 5.66. The molecule has 0 fully saturated rings. The molecule has 0 aliphatic heterocycles. The Kier molecular flexibility index (Phi) is 7.78. The molecule has 2 heterocycles. The maximum absolute atomic E-state index is 6.35. The van der Waals surface area contributed by atoms with Crippen molar-refractivity contribution >= 4 is 33.3 Å². The predicted octanol–water partition coefficient (Wildman–Crippen LogP) is 11.8. The van der Waals surface area contributed by atoms with E-state index in [1.165, 1.54) is 0 Å². The zero-order chi connectivity index (χ0) is 33.3. The zero-order valence-corrected chi connectivity index (χ0v) is 27.5. The Morgan fingerprint density at radius 2 is 1.14 bits per heavy atom. The highest BCUT2D eigenvalue weighted by molar-refractivity contribution is 6.09. The average Bonchev–Trinajstić information content (AvgIpc) is 3.55. The van der Waals surface area contributed by atoms with Gasteiger partial charge in [0, 0.05) is 50.1 Å². The van der Waals surface area contributed by atoms with Gasteiger partial charge in [-0.3, -0.25) is 0 Å². The fraction of sp³-hybridized carbons (Fsp3) is 0.0682. The summed E-state index contributed by atoms with van der Waals surface area (Å²) in [5, 5.41) is 2.26. The largest absolute Gasteiger partial charge is 0.455 e. The first kappa shape index (κ1) is 30.0. The lowest BCUT2D eigenvalue weighted by atomic mass is 9.99. The molecule has 5 heteroatoms. The smallest absolute Gasteiger partial charge is 0.164 e. The van der Waals surface area contributed by atoms with E-state index >= 15 is 0 Å². The fourth-order valence-electron chi connectivity index (χ4n) is 6.40. The van der Waals surface area contributed by atoms with Crippen LogP contribution in [0.25, 0.3) is 67.2 Å². The van der Waals surface area contributed by atoms with Crippen LogP contribution in [0.1, 0.15) is 18.9 Å². The second kappa shape index (κ2) is 12.7. The molecule has 6 aromatic carbocycles. The Hall–Kier alpha value is -6.33. The van der Waals surface area contributed by atoms with Gasteiger partial charge in [-0.25, -0.2) is 15.0 Å². The molecule has 8 aromatic rings. The molecule has 8 rings (SSSR count). The molecule has 0 spiro atoms. The highest BCUT2D eigenvalue weighted by Gasteiger charge is 2.18. The molecule has 0 bridgehead atoms. The molecule has 0 unspecified atom stereocenters. The van der Waals surface area contributed by atoms with E-state index in [2.05, 4.69) is 98.1 Å². The van der Waals surface area contributed by atoms with Gasteiger partial charge in [0.05, 0.1) is 0 Å². The van der Waals surface area contributed by atoms with E-state index in [0.717, 1.165) is 78.8 Å². The van der Waals surface area contributed by atoms with Gasteiger partial charge >= 0.3 is 0 Å². The molecular weight excluding hydrogens is 601 g/mol. The highest BCUT2D eigenvalue weighted by atomic mass is 16.3. The summed E-state index contributed by atoms with van der Waals surface area (Å²) < 4.78 is 6.35. The lowest BCUT2D eigenvalue weighted by Crippen LogP contribution is -2.16. The minimum atomic E-state index is 0.625. The van der Waals surface area contributed by atoms with E-state index in [0.29, 0.717) is 17.5 Å². The van der Waals surface area contributed by atoms with Crippen LogP contribution in [0.4, 0.5) is 11.4 Å². The van der Waals surface area contributed by atoms with Gasteiger partial charge < -0.3 is 9.32 Å². The lowest BCUT2D eigenvalue weighted by Gasteiger charge is -2.28. The SMILES string of the molecule is C=C(CC)N(c1ccc(-c2nc(-c3ccccc3)nc(-c3ccccc3)n2)cc1)c1ccc(-c2cccc3c2oc2ccccc23)cc1C. The first-order chi connectivity index (χ1) is 24.1. The van der Waals surface area contributed by atoms with Crippen LogP contribution in [-0.2, 0) is 0 Å². The summed E-state index contributed by atoms with van der Waals surface area (Å²) in [5.41, 5.74) is 11.0. The summed E-state index contributed by atoms with van der Waals surface area (Å²) in [6.45, 7) is 8.75. The second-order valence-electron chi connectivity index (χ2n) is 12.1. The first-order valence-corrected chi connectivity index (χ1v) is 16.5. The summed E-state index contributed by atoms with van der Waals surface area (Å²) in [6.07, 6.45) is 0.801. The van der Waals surface area contributed by atoms with Crippen molar-refractivity contribution in [1.29, 1.82) is 0 Å². The van der Waals surface area contributed by atoms with Gasteiger partial charge in [-0.15, -0.1) is 0 Å². The van der Waals surface area contributed by atoms with Crippen LogP contribution in [0.15, 0.2) is 162 Å². The van der Waals surface area contributed by atoms with E-state index < -0.39 is 0 Å². The fourth-order valence-corrected chi connectivity index (χ4v) is 6.40. The molecule has 0 saturated heterocycles. The molecule has 0 aliphatic carbocycles. The van der Waals surface area contributed by atoms with E-state index in [1.807, 2.05) is 72.8 Å². The van der Waals surface area contributed by atoms with Crippen LogP contribution in [0.2, 0.25) is 0 Å². The molecule has 236 valence electrons. The van der Waals surface area contributed by atoms with E-state index in [-0.39, 0.29) is 0 Å². The third-order valence-corrected chi connectivity index (χ3v) is 8.96. The number of hydrogen-bond donors (Lipinski definition) is 0. The van der Waals surface area contributed by atoms with Crippen molar-refractivity contribution in [3.63, 3.8) is 0 Å². The van der Waals surface area contributed by atoms with Crippen molar-refractivity contribution < 1.29 is 4.42 Å². The van der Waals surface area contributed by atoms with Crippen molar-refractivity contribution in [3.8, 4) is 45.3 Å². The standard InChI is InChI=1S/C44H34N4O/c1-4-30(3)48(39-27-24-34(28-29(39)2)36-19-13-20-38-37-18-11-12-21-40(37)49-41(36)38)35-25-22-33(23-26-35)44-46-42(31-14-7-5-8-15-31)45-43(47-44)32-16-9-6-10-17-32/h5-28H,3-4H2,1-2H3. The van der Waals surface area contributed by atoms with Gasteiger partial charge in [-0.1, -0.05) is 117 Å². The number of benzene rings is 6. The number of hydrogen-bond acceptors (Lipinski definition) is 5. The molecule has 0 radical (unpaired) electrons. The second-order valence-corrected chi connectivity index (χ2v) is 12.1. The number of para-hydroxylation sites is 2. The lowest BCUT2D eigenvalue weighted by molar-refractivity contribution is 0.670. The Balaban J connectivity index is 1.16. The molecule has 49 heavy (non-hydrogen) atoms. The van der Waals surface area contributed by atoms with Gasteiger partial charge in [-0.05, 0) is 66.9 Å². The maximum atomic E-state index is 6.35. The summed E-state index contributed by atoms with van der Waals surface area (Å²) in [7, 11) is 0. The van der Waals surface area contributed by atoms with Crippen LogP contribution in [-0.4, -0.2) is 15.0 Å². The van der Waals surface area contributed by atoms with Crippen LogP contribution in [0.5, 0.6) is 0 Å². The topological polar surface area (TPSA) is 55.1 Å². The van der Waals surface area contributed by atoms with Crippen LogP contribution in [0, 0.1) is 6.92 Å². The normalized spacial score (nSPS) is 11.2. The Labute approximate surface area is 285 Å². The van der Waals surface area contributed by atoms with Crippen molar-refractivity contribution in [2.45, 2.75) is 20.3 Å². The molecule has 2 aromatic heterocycles. The summed E-state index contributed by atoms with van der Waals surface area (Å²) in [4.78, 5) is 16.9. The molecule has 0 amide bonds. The molecule has 0 N–H and O–H groups in total. The molecule has 0 aliphatic rings. The Morgan fingerprint density at radius 3 is 1.76 bits per heavy atom. The van der Waals surface area contributed by atoms with E-state index in [4.69, 9.17) is 19.4 Å². The van der Waals surface area contributed by atoms with Gasteiger partial charge in [0.1, 0.15) is 11.2 Å². The highest BCUT2D eigenvalue weighted by Crippen LogP contribution is 2.39. The summed E-state index contributed by atoms with van der Waals surface area (Å²) in [6, 6.07) is 49.7. The van der Waals surface area contributed by atoms with Crippen LogP contribution < -0.4 is 4.90 Å². The summed E-state index contributed by atoms with van der Waals surface area (Å²) >= 11 is 0. The number of nitrogens with zero attached hydrogens (tertiary/aromatic N) is 4. The molecular formula is C44H34N4O. The van der Waals surface area contributed by atoms with Gasteiger partial charge in [0.25, 0.3) is 0 Å². The maximum Gasteiger partial charge on any atom is 0.164 e. The number of fused-ring (bicyclic) bond motifs is 3. The first-order valence-electron chi connectivity index (χ1n) is 16.5. The third-order valence-electron chi connectivity index (χ3n) is 8.96. The van der Waals surface area contributed by atoms with E-state index in [1.54, 1.807) is 0 Å². The van der Waals surface area contributed by atoms with Crippen molar-refractivity contribution in [2.24, 2.45) is 0 Å². The van der Waals surface area contributed by atoms with Crippen molar-refractivity contribution in [3.05, 3.63) is 163 Å². The van der Waals surface area contributed by atoms with Crippen LogP contribution in [0.3, 0.4) is 0 Å². The Bertz CT molecular complexity index is 2390. The number of allylic oxidation sites excluding steroid dienone is 1. The number of furan rings is 1. The number of rotatable bonds is 8. The van der Waals surface area contributed by atoms with Gasteiger partial charge in [0.2, 0.25) is 0 Å². The summed E-state index contributed by atoms with van der Waals surface area (Å²) in [5.74, 6) is 1.91. The minimum Gasteiger partial charge on any atom is -0.455 e. The van der Waals surface area contributed by atoms with E-state index in [9.17, 15) is 0 Å². The molecule has 0 atom stereocenters. The van der Waals surface area contributed by atoms with Gasteiger partial charge in [-0.2, -0.15) is 0 Å². The predicted molar refractivity (Wildman–Crippen MR) is 202 cm³/mol. The molecule has 0 saturated carbocycles. The average molecular weight is 635 g/mol. The minimum absolute atomic E-state index is 0.625. The van der Waals surface area contributed by atoms with Crippen molar-refractivity contribution in [2.75, 3.05) is 4.90 Å². The van der Waals surface area contributed by atoms with Crippen LogP contribution >= 0.6 is 0 Å². The number of aromatic nitrogens is 3. The number of anilines is 2.